The molecule has 2 aromatic heterocycles. The van der Waals surface area contributed by atoms with Gasteiger partial charge in [0, 0.05) is 29.1 Å². The van der Waals surface area contributed by atoms with Crippen molar-refractivity contribution in [3.63, 3.8) is 0 Å². The van der Waals surface area contributed by atoms with E-state index >= 15 is 0 Å². The van der Waals surface area contributed by atoms with Gasteiger partial charge in [-0.2, -0.15) is 13.2 Å². The summed E-state index contributed by atoms with van der Waals surface area (Å²) in [5.74, 6) is -2.82. The van der Waals surface area contributed by atoms with Gasteiger partial charge in [0.2, 0.25) is 5.88 Å². The quantitative estimate of drug-likeness (QED) is 0.484. The molecular formula is C23H18F5N3O4. The van der Waals surface area contributed by atoms with Gasteiger partial charge in [0.25, 0.3) is 0 Å². The zero-order valence-corrected chi connectivity index (χ0v) is 18.6. The van der Waals surface area contributed by atoms with Gasteiger partial charge in [0.15, 0.2) is 17.1 Å². The molecule has 1 aliphatic heterocycles. The van der Waals surface area contributed by atoms with Crippen LogP contribution in [0.3, 0.4) is 0 Å². The number of nitrogens with zero attached hydrogens (tertiary/aromatic N) is 1. The van der Waals surface area contributed by atoms with Crippen LogP contribution in [0, 0.1) is 32.4 Å². The van der Waals surface area contributed by atoms with Gasteiger partial charge in [0.05, 0.1) is 22.9 Å². The first-order valence-corrected chi connectivity index (χ1v) is 10.2. The molecule has 3 aromatic rings. The third-order valence-electron chi connectivity index (χ3n) is 5.66. The molecule has 0 saturated carbocycles. The molecule has 1 saturated heterocycles. The van der Waals surface area contributed by atoms with Gasteiger partial charge < -0.3 is 19.8 Å². The zero-order chi connectivity index (χ0) is 25.7. The Morgan fingerprint density at radius 1 is 1.11 bits per heavy atom. The smallest absolute Gasteiger partial charge is 0.418 e. The van der Waals surface area contributed by atoms with Gasteiger partial charge in [-0.05, 0) is 38.5 Å². The van der Waals surface area contributed by atoms with Crippen LogP contribution >= 0.6 is 0 Å². The number of nitrogens with one attached hydrogen (secondary N) is 2. The number of pyridine rings is 2. The molecule has 0 radical (unpaired) electrons. The number of aromatic amines is 1. The molecule has 0 bridgehead atoms. The van der Waals surface area contributed by atoms with Crippen molar-refractivity contribution < 1.29 is 36.2 Å². The van der Waals surface area contributed by atoms with Crippen LogP contribution in [-0.4, -0.2) is 22.7 Å². The van der Waals surface area contributed by atoms with E-state index in [1.807, 2.05) is 0 Å². The summed E-state index contributed by atoms with van der Waals surface area (Å²) in [6, 6.07) is 2.25. The fourth-order valence-electron chi connectivity index (χ4n) is 3.92. The van der Waals surface area contributed by atoms with E-state index in [1.165, 1.54) is 20.8 Å². The molecule has 0 unspecified atom stereocenters. The largest absolute Gasteiger partial charge is 0.447 e. The number of ether oxygens (including phenoxy) is 2. The number of cyclic esters (lactones) is 1. The molecule has 35 heavy (non-hydrogen) atoms. The minimum absolute atomic E-state index is 0.0483. The monoisotopic (exact) mass is 495 g/mol. The normalized spacial score (nSPS) is 15.7. The Bertz CT molecular complexity index is 1400. The van der Waals surface area contributed by atoms with Crippen LogP contribution in [0.4, 0.5) is 26.7 Å². The molecule has 3 heterocycles. The minimum atomic E-state index is -4.76. The van der Waals surface area contributed by atoms with Crippen molar-refractivity contribution in [1.82, 2.24) is 15.3 Å². The molecule has 1 atom stereocenters. The summed E-state index contributed by atoms with van der Waals surface area (Å²) in [6.07, 6.45) is -4.90. The molecule has 1 aromatic carbocycles. The number of aryl methyl sites for hydroxylation is 1. The number of carbonyl (C=O) groups is 1. The number of hydrogen-bond acceptors (Lipinski definition) is 5. The Labute approximate surface area is 194 Å². The van der Waals surface area contributed by atoms with Crippen molar-refractivity contribution >= 4 is 6.09 Å². The van der Waals surface area contributed by atoms with Crippen molar-refractivity contribution in [2.45, 2.75) is 33.0 Å². The summed E-state index contributed by atoms with van der Waals surface area (Å²) in [6.45, 7) is 3.84. The van der Waals surface area contributed by atoms with Crippen molar-refractivity contribution in [3.8, 4) is 22.9 Å². The number of halogens is 5. The lowest BCUT2D eigenvalue weighted by Gasteiger charge is -2.19. The Hall–Kier alpha value is -3.96. The summed E-state index contributed by atoms with van der Waals surface area (Å²) in [4.78, 5) is 31.0. The lowest BCUT2D eigenvalue weighted by molar-refractivity contribution is -0.138. The highest BCUT2D eigenvalue weighted by molar-refractivity contribution is 5.72. The number of benzene rings is 1. The number of alkyl carbamates (subject to hydrolysis) is 1. The number of hydrogen-bond donors (Lipinski definition) is 2. The zero-order valence-electron chi connectivity index (χ0n) is 18.6. The molecular weight excluding hydrogens is 477 g/mol. The maximum atomic E-state index is 14.0. The van der Waals surface area contributed by atoms with Crippen LogP contribution in [0.2, 0.25) is 0 Å². The summed E-state index contributed by atoms with van der Waals surface area (Å²) in [5, 5.41) is 2.48. The Morgan fingerprint density at radius 2 is 1.83 bits per heavy atom. The van der Waals surface area contributed by atoms with E-state index in [-0.39, 0.29) is 51.9 Å². The standard InChI is InChI=1S/C23H18F5N3O4/c1-9-12(23(26,27)28)7-29-21(35-17-5-4-13(24)20(25)10(17)2)18(9)14-6-16(32)19(11(3)30-14)15-8-34-22(33)31-15/h4-7,15H,8H2,1-3H3,(H,30,32)(H,31,33)/t15-/m0/s1. The summed E-state index contributed by atoms with van der Waals surface area (Å²) in [5.41, 5.74) is -1.95. The average Bonchev–Trinajstić information content (AvgIpc) is 3.18. The van der Waals surface area contributed by atoms with E-state index in [2.05, 4.69) is 15.3 Å². The Morgan fingerprint density at radius 3 is 2.43 bits per heavy atom. The number of aromatic nitrogens is 2. The van der Waals surface area contributed by atoms with Crippen molar-refractivity contribution in [2.75, 3.05) is 6.61 Å². The number of rotatable bonds is 4. The highest BCUT2D eigenvalue weighted by atomic mass is 19.4. The highest BCUT2D eigenvalue weighted by Gasteiger charge is 2.36. The first-order valence-electron chi connectivity index (χ1n) is 10.2. The van der Waals surface area contributed by atoms with Gasteiger partial charge in [-0.1, -0.05) is 0 Å². The van der Waals surface area contributed by atoms with Crippen molar-refractivity contribution in [3.05, 3.63) is 74.2 Å². The number of carbonyl (C=O) groups excluding carboxylic acids is 1. The van der Waals surface area contributed by atoms with E-state index < -0.39 is 40.9 Å². The van der Waals surface area contributed by atoms with E-state index in [1.54, 1.807) is 0 Å². The van der Waals surface area contributed by atoms with Crippen LogP contribution in [0.1, 0.15) is 34.0 Å². The third-order valence-corrected chi connectivity index (χ3v) is 5.66. The van der Waals surface area contributed by atoms with Gasteiger partial charge >= 0.3 is 12.3 Å². The SMILES string of the molecule is Cc1[nH]c(-c2c(Oc3ccc(F)c(F)c3C)ncc(C(F)(F)F)c2C)cc(=O)c1[C@@H]1COC(=O)N1. The second-order valence-electron chi connectivity index (χ2n) is 7.94. The van der Waals surface area contributed by atoms with Crippen molar-refractivity contribution in [2.24, 2.45) is 0 Å². The van der Waals surface area contributed by atoms with Gasteiger partial charge in [-0.25, -0.2) is 18.6 Å². The topological polar surface area (TPSA) is 93.3 Å². The number of amides is 1. The maximum Gasteiger partial charge on any atom is 0.418 e. The lowest BCUT2D eigenvalue weighted by atomic mass is 9.99. The highest BCUT2D eigenvalue weighted by Crippen LogP contribution is 2.41. The molecule has 1 amide bonds. The fraction of sp³-hybridized carbons (Fsp3) is 0.261. The Kier molecular flexibility index (Phi) is 5.99. The van der Waals surface area contributed by atoms with E-state index in [0.29, 0.717) is 6.20 Å². The summed E-state index contributed by atoms with van der Waals surface area (Å²) in [7, 11) is 0. The molecule has 184 valence electrons. The molecule has 7 nitrogen and oxygen atoms in total. The third kappa shape index (κ3) is 4.43. The van der Waals surface area contributed by atoms with Crippen LogP contribution in [0.15, 0.2) is 29.2 Å². The molecule has 1 fully saturated rings. The molecule has 12 heteroatoms. The van der Waals surface area contributed by atoms with E-state index in [9.17, 15) is 31.5 Å². The first-order chi connectivity index (χ1) is 16.4. The van der Waals surface area contributed by atoms with Gasteiger partial charge in [0.1, 0.15) is 12.4 Å². The van der Waals surface area contributed by atoms with E-state index in [4.69, 9.17) is 9.47 Å². The summed E-state index contributed by atoms with van der Waals surface area (Å²) >= 11 is 0. The average molecular weight is 495 g/mol. The van der Waals surface area contributed by atoms with Crippen LogP contribution in [0.25, 0.3) is 11.3 Å². The molecule has 2 N–H and O–H groups in total. The second kappa shape index (κ2) is 8.67. The van der Waals surface area contributed by atoms with Gasteiger partial charge in [-0.15, -0.1) is 0 Å². The lowest BCUT2D eigenvalue weighted by Crippen LogP contribution is -2.26. The summed E-state index contributed by atoms with van der Waals surface area (Å²) < 4.78 is 78.9. The molecule has 0 spiro atoms. The number of H-pyrrole nitrogens is 1. The second-order valence-corrected chi connectivity index (χ2v) is 7.94. The number of alkyl halides is 3. The molecule has 4 rings (SSSR count). The molecule has 1 aliphatic rings. The fourth-order valence-corrected chi connectivity index (χ4v) is 3.92. The van der Waals surface area contributed by atoms with E-state index in [0.717, 1.165) is 18.2 Å². The first kappa shape index (κ1) is 24.2. The van der Waals surface area contributed by atoms with Crippen LogP contribution < -0.4 is 15.5 Å². The minimum Gasteiger partial charge on any atom is -0.447 e. The predicted octanol–water partition coefficient (Wildman–Crippen LogP) is 5.23. The van der Waals surface area contributed by atoms with Crippen LogP contribution in [-0.2, 0) is 10.9 Å². The van der Waals surface area contributed by atoms with Crippen molar-refractivity contribution in [1.29, 1.82) is 0 Å². The predicted molar refractivity (Wildman–Crippen MR) is 113 cm³/mol. The van der Waals surface area contributed by atoms with Crippen LogP contribution in [0.5, 0.6) is 11.6 Å². The molecule has 0 aliphatic carbocycles. The van der Waals surface area contributed by atoms with Gasteiger partial charge in [-0.3, -0.25) is 4.79 Å². The maximum absolute atomic E-state index is 14.0. The Balaban J connectivity index is 1.89.